The van der Waals surface area contributed by atoms with Gasteiger partial charge in [-0.2, -0.15) is 10.1 Å². The van der Waals surface area contributed by atoms with Gasteiger partial charge in [-0.25, -0.2) is 5.10 Å². The SMILES string of the molecule is CC(Oc1ccc(Br)cc1Cl)c1noc(-c2ccc(=O)[nH]n2)n1. The van der Waals surface area contributed by atoms with Gasteiger partial charge in [-0.15, -0.1) is 0 Å². The second-order valence-corrected chi connectivity index (χ2v) is 5.92. The predicted octanol–water partition coefficient (Wildman–Crippen LogP) is 3.38. The highest BCUT2D eigenvalue weighted by Gasteiger charge is 2.18. The van der Waals surface area contributed by atoms with Crippen LogP contribution in [0.15, 0.2) is 44.1 Å². The van der Waals surface area contributed by atoms with Crippen LogP contribution >= 0.6 is 27.5 Å². The topological polar surface area (TPSA) is 93.9 Å². The van der Waals surface area contributed by atoms with Gasteiger partial charge in [0.1, 0.15) is 11.4 Å². The molecular formula is C14H10BrClN4O3. The molecule has 1 aromatic carbocycles. The maximum atomic E-state index is 11.0. The summed E-state index contributed by atoms with van der Waals surface area (Å²) >= 11 is 9.44. The summed E-state index contributed by atoms with van der Waals surface area (Å²) in [6.45, 7) is 1.77. The largest absolute Gasteiger partial charge is 0.481 e. The normalized spacial score (nSPS) is 12.1. The summed E-state index contributed by atoms with van der Waals surface area (Å²) in [7, 11) is 0. The standard InChI is InChI=1S/C14H10BrClN4O3/c1-7(22-11-4-2-8(15)6-9(11)16)13-17-14(23-20-13)10-3-5-12(21)19-18-10/h2-7H,1H3,(H,19,21). The maximum Gasteiger partial charge on any atom is 0.278 e. The lowest BCUT2D eigenvalue weighted by Crippen LogP contribution is -2.06. The van der Waals surface area contributed by atoms with Crippen molar-refractivity contribution in [2.45, 2.75) is 13.0 Å². The van der Waals surface area contributed by atoms with Crippen LogP contribution in [0.3, 0.4) is 0 Å². The summed E-state index contributed by atoms with van der Waals surface area (Å²) in [5.41, 5.74) is 0.0623. The van der Waals surface area contributed by atoms with Crippen molar-refractivity contribution < 1.29 is 9.26 Å². The van der Waals surface area contributed by atoms with Gasteiger partial charge in [0, 0.05) is 10.5 Å². The van der Waals surface area contributed by atoms with E-state index in [-0.39, 0.29) is 11.4 Å². The molecule has 0 fully saturated rings. The van der Waals surface area contributed by atoms with Crippen LogP contribution in [-0.4, -0.2) is 20.3 Å². The minimum Gasteiger partial charge on any atom is -0.481 e. The molecule has 0 aliphatic rings. The van der Waals surface area contributed by atoms with Crippen LogP contribution in [0.5, 0.6) is 5.75 Å². The highest BCUT2D eigenvalue weighted by atomic mass is 79.9. The Hall–Kier alpha value is -2.19. The van der Waals surface area contributed by atoms with Gasteiger partial charge in [0.2, 0.25) is 5.82 Å². The number of ether oxygens (including phenoxy) is 1. The molecule has 9 heteroatoms. The molecule has 0 bridgehead atoms. The van der Waals surface area contributed by atoms with Gasteiger partial charge in [-0.05, 0) is 31.2 Å². The molecule has 0 saturated carbocycles. The highest BCUT2D eigenvalue weighted by Crippen LogP contribution is 2.31. The van der Waals surface area contributed by atoms with E-state index in [0.717, 1.165) is 4.47 Å². The number of halogens is 2. The summed E-state index contributed by atoms with van der Waals surface area (Å²) in [5.74, 6) is 1.04. The van der Waals surface area contributed by atoms with Crippen LogP contribution in [0.25, 0.3) is 11.6 Å². The van der Waals surface area contributed by atoms with Crippen LogP contribution in [-0.2, 0) is 0 Å². The molecule has 3 rings (SSSR count). The van der Waals surface area contributed by atoms with Crippen LogP contribution in [0.1, 0.15) is 18.9 Å². The number of nitrogens with one attached hydrogen (secondary N) is 1. The van der Waals surface area contributed by atoms with Crippen molar-refractivity contribution in [3.63, 3.8) is 0 Å². The zero-order valence-electron chi connectivity index (χ0n) is 11.8. The van der Waals surface area contributed by atoms with E-state index < -0.39 is 6.10 Å². The fourth-order valence-electron chi connectivity index (χ4n) is 1.78. The average molecular weight is 398 g/mol. The summed E-state index contributed by atoms with van der Waals surface area (Å²) in [6.07, 6.45) is -0.478. The number of benzene rings is 1. The van der Waals surface area contributed by atoms with Crippen molar-refractivity contribution in [1.82, 2.24) is 20.3 Å². The van der Waals surface area contributed by atoms with Crippen LogP contribution in [0, 0.1) is 0 Å². The second kappa shape index (κ2) is 6.51. The monoisotopic (exact) mass is 396 g/mol. The smallest absolute Gasteiger partial charge is 0.278 e. The molecule has 1 N–H and O–H groups in total. The van der Waals surface area contributed by atoms with Gasteiger partial charge in [0.05, 0.1) is 5.02 Å². The minimum absolute atomic E-state index is 0.189. The number of H-pyrrole nitrogens is 1. The third-order valence-corrected chi connectivity index (χ3v) is 3.69. The first kappa shape index (κ1) is 15.7. The van der Waals surface area contributed by atoms with E-state index in [0.29, 0.717) is 22.3 Å². The Morgan fingerprint density at radius 2 is 2.17 bits per heavy atom. The Morgan fingerprint density at radius 3 is 2.87 bits per heavy atom. The zero-order chi connectivity index (χ0) is 16.4. The van der Waals surface area contributed by atoms with Crippen LogP contribution in [0.4, 0.5) is 0 Å². The molecule has 118 valence electrons. The minimum atomic E-state index is -0.478. The Morgan fingerprint density at radius 1 is 1.35 bits per heavy atom. The van der Waals surface area contributed by atoms with E-state index in [2.05, 4.69) is 36.3 Å². The van der Waals surface area contributed by atoms with Crippen molar-refractivity contribution in [1.29, 1.82) is 0 Å². The van der Waals surface area contributed by atoms with E-state index in [4.69, 9.17) is 20.9 Å². The number of hydrogen-bond donors (Lipinski definition) is 1. The zero-order valence-corrected chi connectivity index (χ0v) is 14.1. The Balaban J connectivity index is 1.79. The number of nitrogens with zero attached hydrogens (tertiary/aromatic N) is 3. The van der Waals surface area contributed by atoms with Crippen molar-refractivity contribution in [3.05, 3.63) is 56.0 Å². The first-order valence-electron chi connectivity index (χ1n) is 6.54. The van der Waals surface area contributed by atoms with Crippen LogP contribution in [0.2, 0.25) is 5.02 Å². The van der Waals surface area contributed by atoms with Gasteiger partial charge in [-0.1, -0.05) is 32.7 Å². The maximum absolute atomic E-state index is 11.0. The number of hydrogen-bond acceptors (Lipinski definition) is 6. The Labute approximate surface area is 143 Å². The summed E-state index contributed by atoms with van der Waals surface area (Å²) in [5, 5.41) is 10.5. The fourth-order valence-corrected chi connectivity index (χ4v) is 2.50. The lowest BCUT2D eigenvalue weighted by atomic mass is 10.3. The van der Waals surface area contributed by atoms with E-state index in [9.17, 15) is 4.79 Å². The Kier molecular flexibility index (Phi) is 4.44. The lowest BCUT2D eigenvalue weighted by molar-refractivity contribution is 0.211. The first-order valence-corrected chi connectivity index (χ1v) is 7.71. The number of aromatic nitrogens is 4. The van der Waals surface area contributed by atoms with Crippen molar-refractivity contribution in [2.75, 3.05) is 0 Å². The molecule has 3 aromatic rings. The molecule has 0 aliphatic heterocycles. The number of rotatable bonds is 4. The molecule has 23 heavy (non-hydrogen) atoms. The predicted molar refractivity (Wildman–Crippen MR) is 86.3 cm³/mol. The van der Waals surface area contributed by atoms with E-state index in [1.807, 2.05) is 6.07 Å². The van der Waals surface area contributed by atoms with Gasteiger partial charge >= 0.3 is 0 Å². The highest BCUT2D eigenvalue weighted by molar-refractivity contribution is 9.10. The summed E-state index contributed by atoms with van der Waals surface area (Å²) in [6, 6.07) is 8.11. The van der Waals surface area contributed by atoms with Crippen LogP contribution < -0.4 is 10.3 Å². The van der Waals surface area contributed by atoms with Gasteiger partial charge in [0.25, 0.3) is 11.4 Å². The molecule has 7 nitrogen and oxygen atoms in total. The van der Waals surface area contributed by atoms with E-state index in [1.165, 1.54) is 12.1 Å². The molecule has 2 heterocycles. The fraction of sp³-hybridized carbons (Fsp3) is 0.143. The third kappa shape index (κ3) is 3.59. The van der Waals surface area contributed by atoms with Gasteiger partial charge in [-0.3, -0.25) is 4.79 Å². The van der Waals surface area contributed by atoms with Gasteiger partial charge in [0.15, 0.2) is 6.10 Å². The molecule has 2 aromatic heterocycles. The summed E-state index contributed by atoms with van der Waals surface area (Å²) < 4.78 is 11.7. The molecule has 1 unspecified atom stereocenters. The van der Waals surface area contributed by atoms with Crippen molar-refractivity contribution in [3.8, 4) is 17.3 Å². The Bertz CT molecular complexity index is 875. The average Bonchev–Trinajstić information content (AvgIpc) is 3.01. The van der Waals surface area contributed by atoms with Crippen molar-refractivity contribution >= 4 is 27.5 Å². The second-order valence-electron chi connectivity index (χ2n) is 4.60. The molecule has 0 radical (unpaired) electrons. The third-order valence-electron chi connectivity index (χ3n) is 2.90. The molecule has 0 amide bonds. The van der Waals surface area contributed by atoms with E-state index in [1.54, 1.807) is 19.1 Å². The first-order chi connectivity index (χ1) is 11.0. The molecule has 0 aliphatic carbocycles. The quantitative estimate of drug-likeness (QED) is 0.725. The van der Waals surface area contributed by atoms with E-state index >= 15 is 0 Å². The van der Waals surface area contributed by atoms with Crippen molar-refractivity contribution in [2.24, 2.45) is 0 Å². The molecule has 0 saturated heterocycles. The molecule has 1 atom stereocenters. The van der Waals surface area contributed by atoms with Gasteiger partial charge < -0.3 is 9.26 Å². The number of aromatic amines is 1. The molecule has 0 spiro atoms. The lowest BCUT2D eigenvalue weighted by Gasteiger charge is -2.12. The summed E-state index contributed by atoms with van der Waals surface area (Å²) in [4.78, 5) is 15.2. The molecular weight excluding hydrogens is 388 g/mol.